The van der Waals surface area contributed by atoms with Crippen molar-refractivity contribution in [1.82, 2.24) is 14.9 Å². The largest absolute Gasteiger partial charge is 0.344 e. The van der Waals surface area contributed by atoms with Crippen LogP contribution in [0.3, 0.4) is 0 Å². The number of benzene rings is 1. The lowest BCUT2D eigenvalue weighted by Gasteiger charge is -2.14. The summed E-state index contributed by atoms with van der Waals surface area (Å²) in [6.07, 6.45) is 4.21. The highest BCUT2D eigenvalue weighted by atomic mass is 32.2. The Morgan fingerprint density at radius 3 is 2.38 bits per heavy atom. The van der Waals surface area contributed by atoms with E-state index in [1.807, 2.05) is 6.92 Å². The summed E-state index contributed by atoms with van der Waals surface area (Å²) in [5, 5.41) is 2.85. The fourth-order valence-corrected chi connectivity index (χ4v) is 2.56. The molecule has 2 rings (SSSR count). The molecule has 112 valence electrons. The number of imidazole rings is 1. The summed E-state index contributed by atoms with van der Waals surface area (Å²) < 4.78 is 24.4. The number of carbonyl (C=O) groups is 1. The Labute approximate surface area is 123 Å². The number of sulfone groups is 1. The van der Waals surface area contributed by atoms with Gasteiger partial charge in [-0.25, -0.2) is 13.4 Å². The Kier molecular flexibility index (Phi) is 4.13. The predicted octanol–water partition coefficient (Wildman–Crippen LogP) is 1.31. The van der Waals surface area contributed by atoms with Crippen LogP contribution in [-0.4, -0.2) is 30.1 Å². The molecule has 0 radical (unpaired) electrons. The second-order valence-corrected chi connectivity index (χ2v) is 6.94. The summed E-state index contributed by atoms with van der Waals surface area (Å²) in [5.74, 6) is -0.227. The van der Waals surface area contributed by atoms with E-state index < -0.39 is 9.84 Å². The third-order valence-electron chi connectivity index (χ3n) is 3.21. The Bertz CT molecular complexity index is 748. The highest BCUT2D eigenvalue weighted by molar-refractivity contribution is 7.90. The van der Waals surface area contributed by atoms with Gasteiger partial charge < -0.3 is 9.88 Å². The number of aryl methyl sites for hydroxylation is 1. The number of amides is 1. The first-order chi connectivity index (χ1) is 9.79. The Hall–Kier alpha value is -2.15. The van der Waals surface area contributed by atoms with Gasteiger partial charge in [-0.1, -0.05) is 12.1 Å². The zero-order valence-corrected chi connectivity index (χ0v) is 12.9. The summed E-state index contributed by atoms with van der Waals surface area (Å²) in [5.41, 5.74) is 1.30. The molecule has 1 aromatic carbocycles. The van der Waals surface area contributed by atoms with Crippen molar-refractivity contribution in [2.45, 2.75) is 17.9 Å². The van der Waals surface area contributed by atoms with Gasteiger partial charge in [0.25, 0.3) is 5.91 Å². The van der Waals surface area contributed by atoms with Gasteiger partial charge in [0.2, 0.25) is 0 Å². The molecule has 0 saturated carbocycles. The molecule has 0 saturated heterocycles. The second kappa shape index (κ2) is 5.69. The van der Waals surface area contributed by atoms with Crippen LogP contribution in [0.5, 0.6) is 0 Å². The number of nitrogens with one attached hydrogen (secondary N) is 1. The molecular weight excluding hydrogens is 290 g/mol. The SMILES string of the molecule is C[C@@H](NC(=O)c1cncn1C)c1ccc(S(C)(=O)=O)cc1. The normalized spacial score (nSPS) is 12.9. The van der Waals surface area contributed by atoms with Crippen LogP contribution in [0, 0.1) is 0 Å². The number of aromatic nitrogens is 2. The molecule has 0 bridgehead atoms. The lowest BCUT2D eigenvalue weighted by Crippen LogP contribution is -2.28. The van der Waals surface area contributed by atoms with Crippen molar-refractivity contribution >= 4 is 15.7 Å². The van der Waals surface area contributed by atoms with Crippen molar-refractivity contribution in [1.29, 1.82) is 0 Å². The van der Waals surface area contributed by atoms with E-state index >= 15 is 0 Å². The standard InChI is InChI=1S/C14H17N3O3S/c1-10(16-14(18)13-8-15-9-17(13)2)11-4-6-12(7-5-11)21(3,19)20/h4-10H,1-3H3,(H,16,18)/t10-/m1/s1. The van der Waals surface area contributed by atoms with E-state index in [4.69, 9.17) is 0 Å². The quantitative estimate of drug-likeness (QED) is 0.923. The molecule has 0 aliphatic rings. The third-order valence-corrected chi connectivity index (χ3v) is 4.33. The van der Waals surface area contributed by atoms with Crippen molar-refractivity contribution in [3.05, 3.63) is 48.0 Å². The fraction of sp³-hybridized carbons (Fsp3) is 0.286. The van der Waals surface area contributed by atoms with Crippen LogP contribution in [0.15, 0.2) is 41.7 Å². The molecule has 7 heteroatoms. The molecule has 1 heterocycles. The fourth-order valence-electron chi connectivity index (χ4n) is 1.93. The van der Waals surface area contributed by atoms with Crippen LogP contribution in [-0.2, 0) is 16.9 Å². The maximum absolute atomic E-state index is 12.1. The van der Waals surface area contributed by atoms with Crippen LogP contribution in [0.4, 0.5) is 0 Å². The van der Waals surface area contributed by atoms with E-state index in [0.29, 0.717) is 5.69 Å². The molecule has 1 N–H and O–H groups in total. The van der Waals surface area contributed by atoms with Crippen molar-refractivity contribution in [3.8, 4) is 0 Å². The Morgan fingerprint density at radius 1 is 1.29 bits per heavy atom. The van der Waals surface area contributed by atoms with Crippen LogP contribution >= 0.6 is 0 Å². The summed E-state index contributed by atoms with van der Waals surface area (Å²) in [6.45, 7) is 1.84. The van der Waals surface area contributed by atoms with E-state index in [1.165, 1.54) is 18.3 Å². The molecule has 0 unspecified atom stereocenters. The van der Waals surface area contributed by atoms with Gasteiger partial charge in [-0.05, 0) is 24.6 Å². The van der Waals surface area contributed by atoms with Crippen LogP contribution in [0.2, 0.25) is 0 Å². The van der Waals surface area contributed by atoms with Crippen molar-refractivity contribution in [2.75, 3.05) is 6.26 Å². The molecule has 0 spiro atoms. The maximum atomic E-state index is 12.1. The van der Waals surface area contributed by atoms with Gasteiger partial charge in [0.05, 0.1) is 23.5 Å². The summed E-state index contributed by atoms with van der Waals surface area (Å²) >= 11 is 0. The van der Waals surface area contributed by atoms with Crippen LogP contribution < -0.4 is 5.32 Å². The molecule has 6 nitrogen and oxygen atoms in total. The van der Waals surface area contributed by atoms with E-state index in [2.05, 4.69) is 10.3 Å². The third kappa shape index (κ3) is 3.49. The molecule has 0 aliphatic carbocycles. The number of hydrogen-bond acceptors (Lipinski definition) is 4. The predicted molar refractivity (Wildman–Crippen MR) is 78.6 cm³/mol. The highest BCUT2D eigenvalue weighted by Gasteiger charge is 2.15. The van der Waals surface area contributed by atoms with Crippen LogP contribution in [0.1, 0.15) is 29.0 Å². The van der Waals surface area contributed by atoms with Crippen molar-refractivity contribution in [3.63, 3.8) is 0 Å². The van der Waals surface area contributed by atoms with Gasteiger partial charge in [0.15, 0.2) is 9.84 Å². The molecule has 0 aliphatic heterocycles. The minimum Gasteiger partial charge on any atom is -0.344 e. The Balaban J connectivity index is 2.12. The molecular formula is C14H17N3O3S. The first kappa shape index (κ1) is 15.2. The number of hydrogen-bond donors (Lipinski definition) is 1. The average Bonchev–Trinajstić information content (AvgIpc) is 2.84. The maximum Gasteiger partial charge on any atom is 0.270 e. The number of nitrogens with zero attached hydrogens (tertiary/aromatic N) is 2. The van der Waals surface area contributed by atoms with Gasteiger partial charge in [0.1, 0.15) is 5.69 Å². The van der Waals surface area contributed by atoms with E-state index in [1.54, 1.807) is 30.1 Å². The van der Waals surface area contributed by atoms with Gasteiger partial charge in [-0.2, -0.15) is 0 Å². The van der Waals surface area contributed by atoms with E-state index in [-0.39, 0.29) is 16.8 Å². The lowest BCUT2D eigenvalue weighted by atomic mass is 10.1. The molecule has 1 amide bonds. The minimum atomic E-state index is -3.21. The van der Waals surface area contributed by atoms with Crippen molar-refractivity contribution in [2.24, 2.45) is 7.05 Å². The Morgan fingerprint density at radius 2 is 1.90 bits per heavy atom. The van der Waals surface area contributed by atoms with Crippen LogP contribution in [0.25, 0.3) is 0 Å². The molecule has 1 aromatic heterocycles. The molecule has 21 heavy (non-hydrogen) atoms. The number of carbonyl (C=O) groups excluding carboxylic acids is 1. The van der Waals surface area contributed by atoms with Gasteiger partial charge in [-0.3, -0.25) is 4.79 Å². The topological polar surface area (TPSA) is 81.1 Å². The molecule has 0 fully saturated rings. The summed E-state index contributed by atoms with van der Waals surface area (Å²) in [7, 11) is -1.46. The molecule has 1 atom stereocenters. The van der Waals surface area contributed by atoms with E-state index in [0.717, 1.165) is 11.8 Å². The smallest absolute Gasteiger partial charge is 0.270 e. The number of rotatable bonds is 4. The average molecular weight is 307 g/mol. The summed E-state index contributed by atoms with van der Waals surface area (Å²) in [6, 6.07) is 6.24. The lowest BCUT2D eigenvalue weighted by molar-refractivity contribution is 0.0931. The van der Waals surface area contributed by atoms with Crippen molar-refractivity contribution < 1.29 is 13.2 Å². The van der Waals surface area contributed by atoms with Gasteiger partial charge >= 0.3 is 0 Å². The zero-order chi connectivity index (χ0) is 15.6. The van der Waals surface area contributed by atoms with E-state index in [9.17, 15) is 13.2 Å². The second-order valence-electron chi connectivity index (χ2n) is 4.93. The monoisotopic (exact) mass is 307 g/mol. The highest BCUT2D eigenvalue weighted by Crippen LogP contribution is 2.16. The van der Waals surface area contributed by atoms with Gasteiger partial charge in [-0.15, -0.1) is 0 Å². The first-order valence-corrected chi connectivity index (χ1v) is 8.25. The zero-order valence-electron chi connectivity index (χ0n) is 12.1. The molecule has 2 aromatic rings. The summed E-state index contributed by atoms with van der Waals surface area (Å²) in [4.78, 5) is 16.2. The minimum absolute atomic E-state index is 0.227. The first-order valence-electron chi connectivity index (χ1n) is 6.36. The van der Waals surface area contributed by atoms with Gasteiger partial charge in [0, 0.05) is 13.3 Å².